The number of nitro benzene ring substituents is 1. The fourth-order valence-corrected chi connectivity index (χ4v) is 4.04. The van der Waals surface area contributed by atoms with Gasteiger partial charge in [0.1, 0.15) is 4.83 Å². The molecule has 0 amide bonds. The molecule has 2 aromatic heterocycles. The van der Waals surface area contributed by atoms with Crippen LogP contribution in [0.3, 0.4) is 0 Å². The first-order valence-corrected chi connectivity index (χ1v) is 9.19. The van der Waals surface area contributed by atoms with E-state index in [0.717, 1.165) is 16.7 Å². The average Bonchev–Trinajstić information content (AvgIpc) is 3.11. The predicted molar refractivity (Wildman–Crippen MR) is 106 cm³/mol. The summed E-state index contributed by atoms with van der Waals surface area (Å²) < 4.78 is 1.51. The van der Waals surface area contributed by atoms with Crippen LogP contribution in [0.5, 0.6) is 0 Å². The summed E-state index contributed by atoms with van der Waals surface area (Å²) in [5.74, 6) is 0. The molecule has 0 bridgehead atoms. The molecule has 4 aromatic rings. The molecule has 0 aliphatic rings. The molecule has 0 spiro atoms. The Morgan fingerprint density at radius 1 is 1.15 bits per heavy atom. The maximum absolute atomic E-state index is 13.1. The highest BCUT2D eigenvalue weighted by atomic mass is 32.1. The van der Waals surface area contributed by atoms with Gasteiger partial charge in [0.15, 0.2) is 0 Å². The lowest BCUT2D eigenvalue weighted by Gasteiger charge is -2.09. The van der Waals surface area contributed by atoms with E-state index in [4.69, 9.17) is 0 Å². The Balaban J connectivity index is 1.83. The number of thiophene rings is 1. The molecule has 27 heavy (non-hydrogen) atoms. The normalized spacial score (nSPS) is 11.0. The molecular formula is C20H15N3O3S. The zero-order chi connectivity index (χ0) is 19.0. The van der Waals surface area contributed by atoms with E-state index in [0.29, 0.717) is 15.8 Å². The highest BCUT2D eigenvalue weighted by Gasteiger charge is 2.16. The molecule has 0 atom stereocenters. The third-order valence-corrected chi connectivity index (χ3v) is 5.49. The van der Waals surface area contributed by atoms with Crippen LogP contribution in [0.25, 0.3) is 21.3 Å². The maximum Gasteiger partial charge on any atom is 0.272 e. The Hall–Kier alpha value is -3.32. The molecule has 7 heteroatoms. The molecule has 6 nitrogen and oxygen atoms in total. The van der Waals surface area contributed by atoms with Crippen LogP contribution in [-0.2, 0) is 6.54 Å². The lowest BCUT2D eigenvalue weighted by molar-refractivity contribution is -0.385. The van der Waals surface area contributed by atoms with Crippen molar-refractivity contribution in [2.75, 3.05) is 0 Å². The number of hydrogen-bond acceptors (Lipinski definition) is 5. The van der Waals surface area contributed by atoms with Gasteiger partial charge in [-0.15, -0.1) is 11.3 Å². The summed E-state index contributed by atoms with van der Waals surface area (Å²) in [7, 11) is 0. The average molecular weight is 377 g/mol. The van der Waals surface area contributed by atoms with Gasteiger partial charge >= 0.3 is 0 Å². The molecular weight excluding hydrogens is 362 g/mol. The van der Waals surface area contributed by atoms with Crippen molar-refractivity contribution in [2.45, 2.75) is 13.5 Å². The standard InChI is InChI=1S/C20H15N3O3S/c1-13-15(8-5-9-17(13)23(25)26)10-22-12-21-19-18(20(22)24)16(11-27-19)14-6-3-2-4-7-14/h2-9,11-12H,10H2,1H3. The van der Waals surface area contributed by atoms with Gasteiger partial charge in [0.05, 0.1) is 23.2 Å². The minimum Gasteiger partial charge on any atom is -0.294 e. The number of nitrogens with zero attached hydrogens (tertiary/aromatic N) is 3. The van der Waals surface area contributed by atoms with E-state index in [2.05, 4.69) is 4.98 Å². The first-order chi connectivity index (χ1) is 13.1. The Morgan fingerprint density at radius 2 is 1.93 bits per heavy atom. The Bertz CT molecular complexity index is 1210. The summed E-state index contributed by atoms with van der Waals surface area (Å²) >= 11 is 1.43. The molecule has 0 fully saturated rings. The van der Waals surface area contributed by atoms with Gasteiger partial charge in [-0.3, -0.25) is 19.5 Å². The number of fused-ring (bicyclic) bond motifs is 1. The van der Waals surface area contributed by atoms with Crippen LogP contribution in [0.15, 0.2) is 65.0 Å². The topological polar surface area (TPSA) is 78.0 Å². The third-order valence-electron chi connectivity index (χ3n) is 4.60. The van der Waals surface area contributed by atoms with Gasteiger partial charge in [0.2, 0.25) is 0 Å². The van der Waals surface area contributed by atoms with Crippen LogP contribution in [0.1, 0.15) is 11.1 Å². The molecule has 0 saturated carbocycles. The lowest BCUT2D eigenvalue weighted by atomic mass is 10.1. The Morgan fingerprint density at radius 3 is 2.67 bits per heavy atom. The van der Waals surface area contributed by atoms with E-state index >= 15 is 0 Å². The van der Waals surface area contributed by atoms with Crippen molar-refractivity contribution in [3.8, 4) is 11.1 Å². The van der Waals surface area contributed by atoms with Crippen LogP contribution in [0.4, 0.5) is 5.69 Å². The van der Waals surface area contributed by atoms with Crippen molar-refractivity contribution in [3.63, 3.8) is 0 Å². The molecule has 134 valence electrons. The van der Waals surface area contributed by atoms with Gasteiger partial charge in [0, 0.05) is 22.6 Å². The van der Waals surface area contributed by atoms with Crippen molar-refractivity contribution in [2.24, 2.45) is 0 Å². The van der Waals surface area contributed by atoms with Gasteiger partial charge in [-0.25, -0.2) is 4.98 Å². The first kappa shape index (κ1) is 17.1. The van der Waals surface area contributed by atoms with Crippen molar-refractivity contribution in [3.05, 3.63) is 91.8 Å². The molecule has 0 saturated heterocycles. The highest BCUT2D eigenvalue weighted by Crippen LogP contribution is 2.30. The molecule has 0 aliphatic carbocycles. The van der Waals surface area contributed by atoms with Gasteiger partial charge < -0.3 is 0 Å². The summed E-state index contributed by atoms with van der Waals surface area (Å²) in [6.07, 6.45) is 1.51. The largest absolute Gasteiger partial charge is 0.294 e. The third kappa shape index (κ3) is 3.02. The van der Waals surface area contributed by atoms with Crippen LogP contribution < -0.4 is 5.56 Å². The predicted octanol–water partition coefficient (Wildman–Crippen LogP) is 4.39. The fraction of sp³-hybridized carbons (Fsp3) is 0.100. The smallest absolute Gasteiger partial charge is 0.272 e. The summed E-state index contributed by atoms with van der Waals surface area (Å²) in [6.45, 7) is 1.93. The van der Waals surface area contributed by atoms with E-state index in [1.807, 2.05) is 35.7 Å². The van der Waals surface area contributed by atoms with Crippen LogP contribution >= 0.6 is 11.3 Å². The monoisotopic (exact) mass is 377 g/mol. The summed E-state index contributed by atoms with van der Waals surface area (Å²) in [5.41, 5.74) is 3.01. The molecule has 2 heterocycles. The van der Waals surface area contributed by atoms with E-state index in [1.54, 1.807) is 19.1 Å². The van der Waals surface area contributed by atoms with E-state index in [-0.39, 0.29) is 17.8 Å². The Labute approximate surface area is 158 Å². The summed E-state index contributed by atoms with van der Waals surface area (Å²) in [4.78, 5) is 29.0. The minimum atomic E-state index is -0.407. The quantitative estimate of drug-likeness (QED) is 0.390. The first-order valence-electron chi connectivity index (χ1n) is 8.31. The van der Waals surface area contributed by atoms with Crippen molar-refractivity contribution in [1.82, 2.24) is 9.55 Å². The zero-order valence-electron chi connectivity index (χ0n) is 14.5. The molecule has 0 N–H and O–H groups in total. The molecule has 4 rings (SSSR count). The molecule has 2 aromatic carbocycles. The fourth-order valence-electron chi connectivity index (χ4n) is 3.13. The van der Waals surface area contributed by atoms with E-state index in [1.165, 1.54) is 28.3 Å². The molecule has 0 radical (unpaired) electrons. The van der Waals surface area contributed by atoms with Crippen molar-refractivity contribution >= 4 is 27.2 Å². The number of aromatic nitrogens is 2. The zero-order valence-corrected chi connectivity index (χ0v) is 15.3. The second-order valence-corrected chi connectivity index (χ2v) is 7.05. The van der Waals surface area contributed by atoms with Gasteiger partial charge in [0.25, 0.3) is 11.2 Å². The maximum atomic E-state index is 13.1. The van der Waals surface area contributed by atoms with Crippen molar-refractivity contribution in [1.29, 1.82) is 0 Å². The Kier molecular flexibility index (Phi) is 4.29. The SMILES string of the molecule is Cc1c(Cn2cnc3scc(-c4ccccc4)c3c2=O)cccc1[N+](=O)[O-]. The van der Waals surface area contributed by atoms with E-state index < -0.39 is 4.92 Å². The molecule has 0 aliphatic heterocycles. The van der Waals surface area contributed by atoms with Crippen LogP contribution in [0.2, 0.25) is 0 Å². The van der Waals surface area contributed by atoms with Crippen molar-refractivity contribution < 1.29 is 4.92 Å². The number of nitro groups is 1. The van der Waals surface area contributed by atoms with Gasteiger partial charge in [-0.1, -0.05) is 42.5 Å². The number of hydrogen-bond donors (Lipinski definition) is 0. The highest BCUT2D eigenvalue weighted by molar-refractivity contribution is 7.17. The van der Waals surface area contributed by atoms with E-state index in [9.17, 15) is 14.9 Å². The molecule has 0 unspecified atom stereocenters. The second-order valence-electron chi connectivity index (χ2n) is 6.19. The van der Waals surface area contributed by atoms with Gasteiger partial charge in [-0.05, 0) is 18.1 Å². The number of rotatable bonds is 4. The van der Waals surface area contributed by atoms with Gasteiger partial charge in [-0.2, -0.15) is 0 Å². The summed E-state index contributed by atoms with van der Waals surface area (Å²) in [6, 6.07) is 14.6. The second kappa shape index (κ2) is 6.77. The number of benzene rings is 2. The summed E-state index contributed by atoms with van der Waals surface area (Å²) in [5, 5.41) is 13.7. The van der Waals surface area contributed by atoms with Crippen LogP contribution in [0, 0.1) is 17.0 Å². The minimum absolute atomic E-state index is 0.0510. The van der Waals surface area contributed by atoms with Crippen LogP contribution in [-0.4, -0.2) is 14.5 Å². The lowest BCUT2D eigenvalue weighted by Crippen LogP contribution is -2.21.